The van der Waals surface area contributed by atoms with Gasteiger partial charge in [0.25, 0.3) is 5.91 Å². The van der Waals surface area contributed by atoms with Gasteiger partial charge in [0.05, 0.1) is 25.1 Å². The number of rotatable bonds is 5. The standard InChI is InChI=1S/C20H17N5O3.CH4/c1-13-7-8-14(11-21-13)28-19-10-9-18-22-17(12-25(18)24-19)23-20(26)15-5-3-4-6-16(15)27-2;/h3-12H,1-2H3,(H,23,26);1H4. The minimum Gasteiger partial charge on any atom is -0.496 e. The summed E-state index contributed by atoms with van der Waals surface area (Å²) in [4.78, 5) is 21.1. The van der Waals surface area contributed by atoms with Gasteiger partial charge < -0.3 is 14.8 Å². The first-order valence-electron chi connectivity index (χ1n) is 8.54. The third kappa shape index (κ3) is 4.32. The van der Waals surface area contributed by atoms with E-state index in [9.17, 15) is 4.79 Å². The fraction of sp³-hybridized carbons (Fsp3) is 0.143. The quantitative estimate of drug-likeness (QED) is 0.550. The molecule has 3 aromatic heterocycles. The van der Waals surface area contributed by atoms with Crippen molar-refractivity contribution in [2.24, 2.45) is 0 Å². The minimum atomic E-state index is -0.317. The van der Waals surface area contributed by atoms with Crippen LogP contribution in [0.2, 0.25) is 0 Å². The summed E-state index contributed by atoms with van der Waals surface area (Å²) in [6.07, 6.45) is 3.25. The van der Waals surface area contributed by atoms with Crippen molar-refractivity contribution in [3.8, 4) is 17.4 Å². The Bertz CT molecular complexity index is 1140. The minimum absolute atomic E-state index is 0. The van der Waals surface area contributed by atoms with Gasteiger partial charge in [-0.05, 0) is 37.3 Å². The molecule has 8 heteroatoms. The Labute approximate surface area is 168 Å². The molecular formula is C21H21N5O3. The Kier molecular flexibility index (Phi) is 5.73. The highest BCUT2D eigenvalue weighted by atomic mass is 16.5. The number of aryl methyl sites for hydroxylation is 1. The summed E-state index contributed by atoms with van der Waals surface area (Å²) in [7, 11) is 1.52. The van der Waals surface area contributed by atoms with Crippen molar-refractivity contribution in [3.05, 3.63) is 72.2 Å². The van der Waals surface area contributed by atoms with E-state index in [1.807, 2.05) is 19.1 Å². The van der Waals surface area contributed by atoms with Crippen LogP contribution in [0.1, 0.15) is 23.5 Å². The number of carbonyl (C=O) groups is 1. The number of nitrogens with zero attached hydrogens (tertiary/aromatic N) is 4. The van der Waals surface area contributed by atoms with E-state index in [1.165, 1.54) is 11.6 Å². The number of ether oxygens (including phenoxy) is 2. The number of benzene rings is 1. The van der Waals surface area contributed by atoms with Gasteiger partial charge in [0.2, 0.25) is 5.88 Å². The van der Waals surface area contributed by atoms with E-state index in [2.05, 4.69) is 20.4 Å². The first kappa shape index (κ1) is 19.8. The molecule has 0 radical (unpaired) electrons. The Morgan fingerprint density at radius 3 is 2.69 bits per heavy atom. The molecule has 0 saturated carbocycles. The second-order valence-electron chi connectivity index (χ2n) is 5.99. The summed E-state index contributed by atoms with van der Waals surface area (Å²) in [6, 6.07) is 14.1. The molecule has 4 rings (SSSR count). The molecule has 1 amide bonds. The van der Waals surface area contributed by atoms with Crippen LogP contribution in [-0.2, 0) is 0 Å². The maximum atomic E-state index is 12.5. The summed E-state index contributed by atoms with van der Waals surface area (Å²) < 4.78 is 12.5. The Balaban J connectivity index is 0.00000240. The number of hydrogen-bond donors (Lipinski definition) is 1. The zero-order valence-corrected chi connectivity index (χ0v) is 15.3. The molecule has 0 saturated heterocycles. The Morgan fingerprint density at radius 1 is 1.10 bits per heavy atom. The number of pyridine rings is 1. The van der Waals surface area contributed by atoms with Crippen molar-refractivity contribution < 1.29 is 14.3 Å². The van der Waals surface area contributed by atoms with Gasteiger partial charge in [-0.1, -0.05) is 19.6 Å². The number of imidazole rings is 1. The van der Waals surface area contributed by atoms with Gasteiger partial charge >= 0.3 is 0 Å². The van der Waals surface area contributed by atoms with Crippen LogP contribution in [0.4, 0.5) is 5.82 Å². The molecule has 8 nitrogen and oxygen atoms in total. The Morgan fingerprint density at radius 2 is 1.93 bits per heavy atom. The number of hydrogen-bond acceptors (Lipinski definition) is 6. The van der Waals surface area contributed by atoms with E-state index in [1.54, 1.807) is 48.8 Å². The number of carbonyl (C=O) groups excluding carboxylic acids is 1. The molecule has 148 valence electrons. The van der Waals surface area contributed by atoms with Crippen molar-refractivity contribution in [2.75, 3.05) is 12.4 Å². The molecule has 0 atom stereocenters. The second kappa shape index (κ2) is 8.39. The number of amides is 1. The molecule has 0 unspecified atom stereocenters. The molecule has 4 aromatic rings. The molecule has 0 bridgehead atoms. The highest BCUT2D eigenvalue weighted by Gasteiger charge is 2.14. The van der Waals surface area contributed by atoms with Crippen molar-refractivity contribution in [2.45, 2.75) is 14.4 Å². The number of para-hydroxylation sites is 1. The van der Waals surface area contributed by atoms with Crippen LogP contribution >= 0.6 is 0 Å². The van der Waals surface area contributed by atoms with Crippen LogP contribution in [0, 0.1) is 6.92 Å². The molecule has 1 aromatic carbocycles. The van der Waals surface area contributed by atoms with Gasteiger partial charge in [-0.15, -0.1) is 5.10 Å². The molecule has 29 heavy (non-hydrogen) atoms. The van der Waals surface area contributed by atoms with Crippen LogP contribution in [-0.4, -0.2) is 32.6 Å². The molecule has 0 aliphatic carbocycles. The van der Waals surface area contributed by atoms with Gasteiger partial charge in [0, 0.05) is 11.8 Å². The van der Waals surface area contributed by atoms with Gasteiger partial charge in [0.15, 0.2) is 11.5 Å². The zero-order chi connectivity index (χ0) is 19.5. The largest absolute Gasteiger partial charge is 0.496 e. The van der Waals surface area contributed by atoms with Gasteiger partial charge in [-0.3, -0.25) is 9.78 Å². The zero-order valence-electron chi connectivity index (χ0n) is 15.3. The topological polar surface area (TPSA) is 90.6 Å². The lowest BCUT2D eigenvalue weighted by molar-refractivity contribution is 0.102. The Hall–Kier alpha value is -3.94. The fourth-order valence-electron chi connectivity index (χ4n) is 2.63. The molecule has 3 heterocycles. The van der Waals surface area contributed by atoms with E-state index in [-0.39, 0.29) is 13.3 Å². The van der Waals surface area contributed by atoms with E-state index in [0.29, 0.717) is 34.4 Å². The van der Waals surface area contributed by atoms with Crippen molar-refractivity contribution in [3.63, 3.8) is 0 Å². The molecule has 0 aliphatic rings. The van der Waals surface area contributed by atoms with Crippen LogP contribution < -0.4 is 14.8 Å². The van der Waals surface area contributed by atoms with Gasteiger partial charge in [-0.2, -0.15) is 0 Å². The third-order valence-electron chi connectivity index (χ3n) is 4.00. The lowest BCUT2D eigenvalue weighted by Gasteiger charge is -2.06. The maximum Gasteiger partial charge on any atom is 0.260 e. The van der Waals surface area contributed by atoms with E-state index < -0.39 is 0 Å². The maximum absolute atomic E-state index is 12.5. The monoisotopic (exact) mass is 391 g/mol. The van der Waals surface area contributed by atoms with E-state index in [0.717, 1.165) is 5.69 Å². The molecule has 0 aliphatic heterocycles. The second-order valence-corrected chi connectivity index (χ2v) is 5.99. The van der Waals surface area contributed by atoms with Crippen molar-refractivity contribution >= 4 is 17.4 Å². The number of nitrogens with one attached hydrogen (secondary N) is 1. The predicted molar refractivity (Wildman–Crippen MR) is 110 cm³/mol. The first-order valence-corrected chi connectivity index (χ1v) is 8.54. The molecule has 1 N–H and O–H groups in total. The average Bonchev–Trinajstić information content (AvgIpc) is 3.11. The predicted octanol–water partition coefficient (Wildman–Crippen LogP) is 4.12. The average molecular weight is 391 g/mol. The van der Waals surface area contributed by atoms with E-state index in [4.69, 9.17) is 9.47 Å². The summed E-state index contributed by atoms with van der Waals surface area (Å²) in [6.45, 7) is 1.90. The van der Waals surface area contributed by atoms with Crippen molar-refractivity contribution in [1.82, 2.24) is 19.6 Å². The highest BCUT2D eigenvalue weighted by Crippen LogP contribution is 2.21. The van der Waals surface area contributed by atoms with Crippen molar-refractivity contribution in [1.29, 1.82) is 0 Å². The summed E-state index contributed by atoms with van der Waals surface area (Å²) in [5.74, 6) is 1.52. The van der Waals surface area contributed by atoms with E-state index >= 15 is 0 Å². The van der Waals surface area contributed by atoms with Crippen LogP contribution in [0.15, 0.2) is 60.9 Å². The lowest BCUT2D eigenvalue weighted by atomic mass is 10.2. The third-order valence-corrected chi connectivity index (χ3v) is 4.00. The number of methoxy groups -OCH3 is 1. The van der Waals surface area contributed by atoms with Crippen LogP contribution in [0.5, 0.6) is 17.4 Å². The SMILES string of the molecule is C.COc1ccccc1C(=O)Nc1cn2nc(Oc3ccc(C)nc3)ccc2n1. The summed E-state index contributed by atoms with van der Waals surface area (Å²) >= 11 is 0. The lowest BCUT2D eigenvalue weighted by Crippen LogP contribution is -2.13. The highest BCUT2D eigenvalue weighted by molar-refractivity contribution is 6.05. The molecule has 0 fully saturated rings. The van der Waals surface area contributed by atoms with Gasteiger partial charge in [-0.25, -0.2) is 9.50 Å². The molecular weight excluding hydrogens is 370 g/mol. The normalized spacial score (nSPS) is 10.3. The number of anilines is 1. The van der Waals surface area contributed by atoms with Crippen LogP contribution in [0.3, 0.4) is 0 Å². The smallest absolute Gasteiger partial charge is 0.260 e. The number of aromatic nitrogens is 4. The number of fused-ring (bicyclic) bond motifs is 1. The first-order chi connectivity index (χ1) is 13.6. The summed E-state index contributed by atoms with van der Waals surface area (Å²) in [5.41, 5.74) is 1.90. The summed E-state index contributed by atoms with van der Waals surface area (Å²) in [5, 5.41) is 7.11. The fourth-order valence-corrected chi connectivity index (χ4v) is 2.63. The molecule has 0 spiro atoms. The van der Waals surface area contributed by atoms with Gasteiger partial charge in [0.1, 0.15) is 11.5 Å². The van der Waals surface area contributed by atoms with Crippen LogP contribution in [0.25, 0.3) is 5.65 Å².